The first kappa shape index (κ1) is 21.2. The lowest BCUT2D eigenvalue weighted by molar-refractivity contribution is -0.121. The van der Waals surface area contributed by atoms with Crippen molar-refractivity contribution in [1.29, 1.82) is 0 Å². The number of nitrogens with one attached hydrogen (secondary N) is 3. The van der Waals surface area contributed by atoms with E-state index in [1.807, 2.05) is 31.2 Å². The van der Waals surface area contributed by atoms with Gasteiger partial charge in [0.05, 0.1) is 12.5 Å². The van der Waals surface area contributed by atoms with Gasteiger partial charge in [0.25, 0.3) is 0 Å². The van der Waals surface area contributed by atoms with Crippen molar-refractivity contribution in [3.8, 4) is 0 Å². The summed E-state index contributed by atoms with van der Waals surface area (Å²) in [6.45, 7) is 6.29. The third kappa shape index (κ3) is 9.05. The summed E-state index contributed by atoms with van der Waals surface area (Å²) in [4.78, 5) is 23.1. The molecule has 3 amide bonds. The minimum Gasteiger partial charge on any atom is -0.355 e. The summed E-state index contributed by atoms with van der Waals surface area (Å²) in [5, 5.41) is 8.67. The summed E-state index contributed by atoms with van der Waals surface area (Å²) < 4.78 is 0. The zero-order chi connectivity index (χ0) is 16.4. The van der Waals surface area contributed by atoms with Gasteiger partial charge in [-0.25, -0.2) is 4.79 Å². The number of urea groups is 1. The van der Waals surface area contributed by atoms with Crippen LogP contribution in [-0.4, -0.2) is 31.6 Å². The number of hydrogen-bond acceptors (Lipinski definition) is 3. The predicted octanol–water partition coefficient (Wildman–Crippen LogP) is 1.63. The molecule has 5 N–H and O–H groups in total. The predicted molar refractivity (Wildman–Crippen MR) is 94.7 cm³/mol. The second kappa shape index (κ2) is 11.7. The molecule has 7 heteroatoms. The van der Waals surface area contributed by atoms with Crippen LogP contribution in [0.5, 0.6) is 0 Å². The monoisotopic (exact) mass is 342 g/mol. The summed E-state index contributed by atoms with van der Waals surface area (Å²) in [5.74, 6) is -0.112. The normalized spacial score (nSPS) is 11.2. The SMILES string of the molecule is CCCNCCNC(=O)CC(NC(N)=O)c1cccc(C)c1.Cl. The number of nitrogens with two attached hydrogens (primary N) is 1. The van der Waals surface area contributed by atoms with Gasteiger partial charge < -0.3 is 21.7 Å². The molecule has 0 heterocycles. The number of primary amides is 1. The van der Waals surface area contributed by atoms with Crippen molar-refractivity contribution in [2.75, 3.05) is 19.6 Å². The van der Waals surface area contributed by atoms with Crippen molar-refractivity contribution in [2.45, 2.75) is 32.7 Å². The summed E-state index contributed by atoms with van der Waals surface area (Å²) in [5.41, 5.74) is 7.15. The fourth-order valence-corrected chi connectivity index (χ4v) is 2.16. The Labute approximate surface area is 144 Å². The largest absolute Gasteiger partial charge is 0.355 e. The Hall–Kier alpha value is -1.79. The van der Waals surface area contributed by atoms with Crippen molar-refractivity contribution in [2.24, 2.45) is 5.73 Å². The molecule has 1 rings (SSSR count). The first-order valence-electron chi connectivity index (χ1n) is 7.63. The van der Waals surface area contributed by atoms with Crippen LogP contribution >= 0.6 is 12.4 Å². The van der Waals surface area contributed by atoms with Crippen LogP contribution in [0.3, 0.4) is 0 Å². The molecule has 130 valence electrons. The van der Waals surface area contributed by atoms with Crippen LogP contribution < -0.4 is 21.7 Å². The van der Waals surface area contributed by atoms with Gasteiger partial charge in [0.15, 0.2) is 0 Å². The maximum Gasteiger partial charge on any atom is 0.312 e. The van der Waals surface area contributed by atoms with Crippen molar-refractivity contribution in [3.63, 3.8) is 0 Å². The van der Waals surface area contributed by atoms with Gasteiger partial charge in [-0.3, -0.25) is 4.79 Å². The Morgan fingerprint density at radius 1 is 1.22 bits per heavy atom. The number of rotatable bonds is 9. The van der Waals surface area contributed by atoms with Gasteiger partial charge in [-0.05, 0) is 25.5 Å². The molecule has 1 unspecified atom stereocenters. The third-order valence-electron chi connectivity index (χ3n) is 3.20. The number of carbonyl (C=O) groups excluding carboxylic acids is 2. The summed E-state index contributed by atoms with van der Waals surface area (Å²) in [6, 6.07) is 6.63. The van der Waals surface area contributed by atoms with E-state index in [0.29, 0.717) is 6.54 Å². The van der Waals surface area contributed by atoms with E-state index >= 15 is 0 Å². The summed E-state index contributed by atoms with van der Waals surface area (Å²) in [7, 11) is 0. The van der Waals surface area contributed by atoms with Crippen LogP contribution in [0.2, 0.25) is 0 Å². The van der Waals surface area contributed by atoms with Gasteiger partial charge in [-0.1, -0.05) is 36.8 Å². The first-order valence-corrected chi connectivity index (χ1v) is 7.63. The Morgan fingerprint density at radius 3 is 2.57 bits per heavy atom. The van der Waals surface area contributed by atoms with Crippen molar-refractivity contribution >= 4 is 24.3 Å². The number of halogens is 1. The molecule has 23 heavy (non-hydrogen) atoms. The molecule has 0 fully saturated rings. The zero-order valence-corrected chi connectivity index (χ0v) is 14.5. The second-order valence-corrected chi connectivity index (χ2v) is 5.28. The van der Waals surface area contributed by atoms with E-state index < -0.39 is 12.1 Å². The fraction of sp³-hybridized carbons (Fsp3) is 0.500. The van der Waals surface area contributed by atoms with Crippen LogP contribution in [-0.2, 0) is 4.79 Å². The van der Waals surface area contributed by atoms with Crippen LogP contribution in [0.4, 0.5) is 4.79 Å². The highest BCUT2D eigenvalue weighted by Gasteiger charge is 2.17. The van der Waals surface area contributed by atoms with Crippen molar-refractivity contribution in [3.05, 3.63) is 35.4 Å². The number of amides is 3. The Kier molecular flexibility index (Phi) is 10.8. The molecule has 0 radical (unpaired) electrons. The number of benzene rings is 1. The molecular weight excluding hydrogens is 316 g/mol. The average Bonchev–Trinajstić information content (AvgIpc) is 2.46. The highest BCUT2D eigenvalue weighted by molar-refractivity contribution is 5.85. The second-order valence-electron chi connectivity index (χ2n) is 5.28. The molecular formula is C16H27ClN4O2. The first-order chi connectivity index (χ1) is 10.5. The van der Waals surface area contributed by atoms with Crippen LogP contribution in [0.1, 0.15) is 36.9 Å². The average molecular weight is 343 g/mol. The standard InChI is InChI=1S/C16H26N4O2.ClH/c1-3-7-18-8-9-19-15(21)11-14(20-16(17)22)13-6-4-5-12(2)10-13;/h4-6,10,14,18H,3,7-9,11H2,1-2H3,(H,19,21)(H3,17,20,22);1H. The Balaban J connectivity index is 0.00000484. The molecule has 0 saturated carbocycles. The van der Waals surface area contributed by atoms with E-state index in [2.05, 4.69) is 22.9 Å². The van der Waals surface area contributed by atoms with Crippen LogP contribution in [0, 0.1) is 6.92 Å². The van der Waals surface area contributed by atoms with Gasteiger partial charge in [-0.15, -0.1) is 12.4 Å². The number of carbonyl (C=O) groups is 2. The molecule has 1 aromatic carbocycles. The van der Waals surface area contributed by atoms with Crippen LogP contribution in [0.25, 0.3) is 0 Å². The van der Waals surface area contributed by atoms with E-state index in [0.717, 1.165) is 30.6 Å². The smallest absolute Gasteiger partial charge is 0.312 e. The van der Waals surface area contributed by atoms with Gasteiger partial charge in [0.2, 0.25) is 5.91 Å². The third-order valence-corrected chi connectivity index (χ3v) is 3.20. The molecule has 1 aromatic rings. The van der Waals surface area contributed by atoms with Crippen molar-refractivity contribution < 1.29 is 9.59 Å². The summed E-state index contributed by atoms with van der Waals surface area (Å²) in [6.07, 6.45) is 1.23. The lowest BCUT2D eigenvalue weighted by Crippen LogP contribution is -2.38. The van der Waals surface area contributed by atoms with E-state index in [-0.39, 0.29) is 24.7 Å². The minimum absolute atomic E-state index is 0. The molecule has 0 saturated heterocycles. The zero-order valence-electron chi connectivity index (χ0n) is 13.7. The lowest BCUT2D eigenvalue weighted by Gasteiger charge is -2.18. The maximum atomic E-state index is 12.0. The highest BCUT2D eigenvalue weighted by Crippen LogP contribution is 2.17. The minimum atomic E-state index is -0.635. The fourth-order valence-electron chi connectivity index (χ4n) is 2.16. The maximum absolute atomic E-state index is 12.0. The molecule has 0 aliphatic heterocycles. The molecule has 0 aliphatic carbocycles. The van der Waals surface area contributed by atoms with Crippen LogP contribution in [0.15, 0.2) is 24.3 Å². The van der Waals surface area contributed by atoms with E-state index in [4.69, 9.17) is 5.73 Å². The Bertz CT molecular complexity index is 497. The Morgan fingerprint density at radius 2 is 1.96 bits per heavy atom. The summed E-state index contributed by atoms with van der Waals surface area (Å²) >= 11 is 0. The van der Waals surface area contributed by atoms with Gasteiger partial charge in [-0.2, -0.15) is 0 Å². The van der Waals surface area contributed by atoms with E-state index in [1.165, 1.54) is 0 Å². The molecule has 1 atom stereocenters. The topological polar surface area (TPSA) is 96.2 Å². The molecule has 0 aliphatic rings. The lowest BCUT2D eigenvalue weighted by atomic mass is 10.0. The molecule has 0 spiro atoms. The number of aryl methyl sites for hydroxylation is 1. The molecule has 0 bridgehead atoms. The molecule has 0 aromatic heterocycles. The molecule has 6 nitrogen and oxygen atoms in total. The van der Waals surface area contributed by atoms with Gasteiger partial charge in [0.1, 0.15) is 0 Å². The van der Waals surface area contributed by atoms with Gasteiger partial charge >= 0.3 is 6.03 Å². The quantitative estimate of drug-likeness (QED) is 0.513. The van der Waals surface area contributed by atoms with Crippen molar-refractivity contribution in [1.82, 2.24) is 16.0 Å². The highest BCUT2D eigenvalue weighted by atomic mass is 35.5. The van der Waals surface area contributed by atoms with E-state index in [1.54, 1.807) is 0 Å². The number of hydrogen-bond donors (Lipinski definition) is 4. The van der Waals surface area contributed by atoms with E-state index in [9.17, 15) is 9.59 Å². The van der Waals surface area contributed by atoms with Gasteiger partial charge in [0, 0.05) is 13.1 Å².